The lowest BCUT2D eigenvalue weighted by molar-refractivity contribution is 0.1000. The summed E-state index contributed by atoms with van der Waals surface area (Å²) in [7, 11) is 1.59. The van der Waals surface area contributed by atoms with E-state index < -0.39 is 5.91 Å². The molecule has 0 spiro atoms. The fraction of sp³-hybridized carbons (Fsp3) is 0.263. The van der Waals surface area contributed by atoms with Crippen molar-refractivity contribution in [3.63, 3.8) is 0 Å². The minimum Gasteiger partial charge on any atom is -0.496 e. The lowest BCUT2D eigenvalue weighted by atomic mass is 10.0. The SMILES string of the molecule is CCn1nc(C)cc1-c1ncc2c(n1)Cc1c(OC)cc(C(N)=O)cc1-2. The molecule has 1 aliphatic rings. The quantitative estimate of drug-likeness (QED) is 0.610. The third-order valence-corrected chi connectivity index (χ3v) is 4.65. The maximum Gasteiger partial charge on any atom is 0.248 e. The molecule has 26 heavy (non-hydrogen) atoms. The predicted molar refractivity (Wildman–Crippen MR) is 97.0 cm³/mol. The zero-order valence-electron chi connectivity index (χ0n) is 14.9. The zero-order valence-corrected chi connectivity index (χ0v) is 14.9. The van der Waals surface area contributed by atoms with Crippen LogP contribution in [0.2, 0.25) is 0 Å². The first kappa shape index (κ1) is 16.3. The predicted octanol–water partition coefficient (Wildman–Crippen LogP) is 2.35. The molecular weight excluding hydrogens is 330 g/mol. The molecule has 0 saturated heterocycles. The van der Waals surface area contributed by atoms with Crippen LogP contribution < -0.4 is 10.5 Å². The summed E-state index contributed by atoms with van der Waals surface area (Å²) < 4.78 is 7.36. The van der Waals surface area contributed by atoms with Gasteiger partial charge in [-0.15, -0.1) is 0 Å². The highest BCUT2D eigenvalue weighted by Crippen LogP contribution is 2.41. The molecule has 1 amide bonds. The number of aryl methyl sites for hydroxylation is 2. The second-order valence-electron chi connectivity index (χ2n) is 6.29. The summed E-state index contributed by atoms with van der Waals surface area (Å²) >= 11 is 0. The highest BCUT2D eigenvalue weighted by Gasteiger charge is 2.26. The van der Waals surface area contributed by atoms with E-state index in [2.05, 4.69) is 10.1 Å². The van der Waals surface area contributed by atoms with Gasteiger partial charge in [0.1, 0.15) is 11.4 Å². The van der Waals surface area contributed by atoms with Crippen molar-refractivity contribution in [3.05, 3.63) is 46.9 Å². The second-order valence-corrected chi connectivity index (χ2v) is 6.29. The zero-order chi connectivity index (χ0) is 18.4. The van der Waals surface area contributed by atoms with Gasteiger partial charge < -0.3 is 10.5 Å². The number of aromatic nitrogens is 4. The van der Waals surface area contributed by atoms with Crippen LogP contribution in [-0.4, -0.2) is 32.8 Å². The van der Waals surface area contributed by atoms with E-state index in [4.69, 9.17) is 15.5 Å². The molecule has 0 radical (unpaired) electrons. The summed E-state index contributed by atoms with van der Waals surface area (Å²) in [6.45, 7) is 4.74. The molecule has 7 heteroatoms. The number of carbonyl (C=O) groups is 1. The van der Waals surface area contributed by atoms with Crippen molar-refractivity contribution in [2.45, 2.75) is 26.8 Å². The van der Waals surface area contributed by atoms with Crippen molar-refractivity contribution in [2.75, 3.05) is 7.11 Å². The average Bonchev–Trinajstić information content (AvgIpc) is 3.20. The number of benzene rings is 1. The number of amides is 1. The van der Waals surface area contributed by atoms with E-state index in [1.54, 1.807) is 25.4 Å². The highest BCUT2D eigenvalue weighted by molar-refractivity contribution is 5.96. The lowest BCUT2D eigenvalue weighted by Gasteiger charge is -2.09. The smallest absolute Gasteiger partial charge is 0.248 e. The fourth-order valence-electron chi connectivity index (χ4n) is 3.43. The molecule has 0 saturated carbocycles. The van der Waals surface area contributed by atoms with E-state index in [1.807, 2.05) is 24.6 Å². The minimum absolute atomic E-state index is 0.414. The topological polar surface area (TPSA) is 95.9 Å². The number of nitrogens with zero attached hydrogens (tertiary/aromatic N) is 4. The van der Waals surface area contributed by atoms with Gasteiger partial charge in [-0.1, -0.05) is 0 Å². The van der Waals surface area contributed by atoms with Gasteiger partial charge in [-0.2, -0.15) is 5.10 Å². The largest absolute Gasteiger partial charge is 0.496 e. The van der Waals surface area contributed by atoms with Gasteiger partial charge in [0, 0.05) is 35.9 Å². The van der Waals surface area contributed by atoms with E-state index in [0.717, 1.165) is 40.3 Å². The van der Waals surface area contributed by atoms with Crippen LogP contribution in [-0.2, 0) is 13.0 Å². The van der Waals surface area contributed by atoms with Crippen LogP contribution in [0.4, 0.5) is 0 Å². The Labute approximate surface area is 150 Å². The van der Waals surface area contributed by atoms with Crippen LogP contribution in [0.5, 0.6) is 5.75 Å². The van der Waals surface area contributed by atoms with E-state index >= 15 is 0 Å². The number of fused-ring (bicyclic) bond motifs is 3. The molecule has 0 atom stereocenters. The van der Waals surface area contributed by atoms with Crippen molar-refractivity contribution < 1.29 is 9.53 Å². The molecular formula is C19H19N5O2. The van der Waals surface area contributed by atoms with Crippen molar-refractivity contribution in [1.82, 2.24) is 19.7 Å². The molecule has 0 fully saturated rings. The number of carbonyl (C=O) groups excluding carboxylic acids is 1. The summed E-state index contributed by atoms with van der Waals surface area (Å²) in [5, 5.41) is 4.46. The summed E-state index contributed by atoms with van der Waals surface area (Å²) in [4.78, 5) is 20.9. The first-order valence-electron chi connectivity index (χ1n) is 8.43. The molecule has 4 rings (SSSR count). The normalized spacial score (nSPS) is 12.0. The van der Waals surface area contributed by atoms with Crippen molar-refractivity contribution >= 4 is 5.91 Å². The molecule has 7 nitrogen and oxygen atoms in total. The number of nitrogens with two attached hydrogens (primary N) is 1. The molecule has 2 N–H and O–H groups in total. The summed E-state index contributed by atoms with van der Waals surface area (Å²) in [5.41, 5.74) is 11.4. The molecule has 132 valence electrons. The van der Waals surface area contributed by atoms with Crippen LogP contribution in [0.15, 0.2) is 24.4 Å². The monoisotopic (exact) mass is 349 g/mol. The first-order valence-corrected chi connectivity index (χ1v) is 8.43. The Bertz CT molecular complexity index is 1040. The van der Waals surface area contributed by atoms with Crippen LogP contribution >= 0.6 is 0 Å². The Hall–Kier alpha value is -3.22. The van der Waals surface area contributed by atoms with Crippen LogP contribution in [0.3, 0.4) is 0 Å². The van der Waals surface area contributed by atoms with Crippen LogP contribution in [0.1, 0.15) is 34.2 Å². The molecule has 0 bridgehead atoms. The molecule has 2 heterocycles. The lowest BCUT2D eigenvalue weighted by Crippen LogP contribution is -2.11. The van der Waals surface area contributed by atoms with E-state index in [1.165, 1.54) is 0 Å². The van der Waals surface area contributed by atoms with Gasteiger partial charge in [0.05, 0.1) is 18.5 Å². The van der Waals surface area contributed by atoms with Gasteiger partial charge in [-0.25, -0.2) is 9.97 Å². The Morgan fingerprint density at radius 2 is 2.12 bits per heavy atom. The Balaban J connectivity index is 1.84. The first-order chi connectivity index (χ1) is 12.5. The van der Waals surface area contributed by atoms with Crippen molar-refractivity contribution in [2.24, 2.45) is 5.73 Å². The standard InChI is InChI=1S/C19H19N5O2/c1-4-24-16(5-10(2)23-24)19-21-9-14-12-6-11(18(20)25)7-17(26-3)13(12)8-15(14)22-19/h5-7,9H,4,8H2,1-3H3,(H2,20,25). The second kappa shape index (κ2) is 5.94. The van der Waals surface area contributed by atoms with Gasteiger partial charge in [0.25, 0.3) is 0 Å². The van der Waals surface area contributed by atoms with Crippen LogP contribution in [0, 0.1) is 6.92 Å². The van der Waals surface area contributed by atoms with Crippen molar-refractivity contribution in [3.8, 4) is 28.4 Å². The average molecular weight is 349 g/mol. The number of primary amides is 1. The molecule has 1 aliphatic carbocycles. The maximum absolute atomic E-state index is 11.6. The van der Waals surface area contributed by atoms with E-state index in [0.29, 0.717) is 23.6 Å². The number of ether oxygens (including phenoxy) is 1. The minimum atomic E-state index is -0.487. The number of hydrogen-bond donors (Lipinski definition) is 1. The molecule has 0 unspecified atom stereocenters. The van der Waals surface area contributed by atoms with E-state index in [9.17, 15) is 4.79 Å². The molecule has 1 aromatic carbocycles. The molecule has 3 aromatic rings. The maximum atomic E-state index is 11.6. The van der Waals surface area contributed by atoms with E-state index in [-0.39, 0.29) is 0 Å². The third kappa shape index (κ3) is 2.44. The van der Waals surface area contributed by atoms with Gasteiger partial charge in [-0.05, 0) is 37.6 Å². The molecule has 0 aliphatic heterocycles. The molecule has 2 aromatic heterocycles. The number of rotatable bonds is 4. The Morgan fingerprint density at radius 1 is 1.31 bits per heavy atom. The van der Waals surface area contributed by atoms with Gasteiger partial charge >= 0.3 is 0 Å². The highest BCUT2D eigenvalue weighted by atomic mass is 16.5. The van der Waals surface area contributed by atoms with Gasteiger partial charge in [0.15, 0.2) is 5.82 Å². The summed E-state index contributed by atoms with van der Waals surface area (Å²) in [5.74, 6) is 0.804. The number of hydrogen-bond acceptors (Lipinski definition) is 5. The Kier molecular flexibility index (Phi) is 3.72. The third-order valence-electron chi connectivity index (χ3n) is 4.65. The van der Waals surface area contributed by atoms with Gasteiger partial charge in [0.2, 0.25) is 5.91 Å². The van der Waals surface area contributed by atoms with Gasteiger partial charge in [-0.3, -0.25) is 9.48 Å². The fourth-order valence-corrected chi connectivity index (χ4v) is 3.43. The van der Waals surface area contributed by atoms with Crippen LogP contribution in [0.25, 0.3) is 22.6 Å². The number of methoxy groups -OCH3 is 1. The Morgan fingerprint density at radius 3 is 2.81 bits per heavy atom. The van der Waals surface area contributed by atoms with Crippen molar-refractivity contribution in [1.29, 1.82) is 0 Å². The summed E-state index contributed by atoms with van der Waals surface area (Å²) in [6, 6.07) is 5.45. The summed E-state index contributed by atoms with van der Waals surface area (Å²) in [6.07, 6.45) is 2.43.